The van der Waals surface area contributed by atoms with E-state index in [4.69, 9.17) is 4.74 Å². The molecule has 0 bridgehead atoms. The number of hydrogen-bond acceptors (Lipinski definition) is 2. The molecular weight excluding hydrogens is 188 g/mol. The summed E-state index contributed by atoms with van der Waals surface area (Å²) in [5.41, 5.74) is 0. The summed E-state index contributed by atoms with van der Waals surface area (Å²) in [7, 11) is 0. The Balaban J connectivity index is 2.34. The van der Waals surface area contributed by atoms with E-state index in [9.17, 15) is 4.79 Å². The average Bonchev–Trinajstić information content (AvgIpc) is 2.18. The number of carbonyl (C=O) groups excluding carboxylic acids is 1. The number of rotatable bonds is 5. The van der Waals surface area contributed by atoms with Gasteiger partial charge in [0.15, 0.2) is 0 Å². The molecule has 2 heteroatoms. The summed E-state index contributed by atoms with van der Waals surface area (Å²) < 4.78 is 5.28. The van der Waals surface area contributed by atoms with Crippen molar-refractivity contribution in [2.45, 2.75) is 58.0 Å². The Hall–Kier alpha value is -0.790. The SMILES string of the molecule is C=CCC(CC1CCCCC1)OC(C)=O. The van der Waals surface area contributed by atoms with Gasteiger partial charge < -0.3 is 4.74 Å². The van der Waals surface area contributed by atoms with Crippen LogP contribution in [0.1, 0.15) is 51.9 Å². The summed E-state index contributed by atoms with van der Waals surface area (Å²) in [6.45, 7) is 5.19. The monoisotopic (exact) mass is 210 g/mol. The molecule has 15 heavy (non-hydrogen) atoms. The maximum atomic E-state index is 10.9. The Morgan fingerprint density at radius 3 is 2.67 bits per heavy atom. The quantitative estimate of drug-likeness (QED) is 0.513. The number of carbonyl (C=O) groups is 1. The van der Waals surface area contributed by atoms with Crippen molar-refractivity contribution >= 4 is 5.97 Å². The molecule has 0 aliphatic heterocycles. The third-order valence-corrected chi connectivity index (χ3v) is 3.08. The second-order valence-corrected chi connectivity index (χ2v) is 4.50. The van der Waals surface area contributed by atoms with E-state index in [0.717, 1.165) is 18.8 Å². The molecule has 2 nitrogen and oxygen atoms in total. The topological polar surface area (TPSA) is 26.3 Å². The fourth-order valence-electron chi connectivity index (χ4n) is 2.41. The predicted octanol–water partition coefficient (Wildman–Crippen LogP) is 3.46. The molecule has 1 fully saturated rings. The zero-order valence-electron chi connectivity index (χ0n) is 9.71. The van der Waals surface area contributed by atoms with Crippen LogP contribution in [0, 0.1) is 5.92 Å². The number of ether oxygens (including phenoxy) is 1. The second kappa shape index (κ2) is 6.65. The minimum atomic E-state index is -0.169. The van der Waals surface area contributed by atoms with Gasteiger partial charge >= 0.3 is 5.97 Å². The standard InChI is InChI=1S/C13H22O2/c1-3-7-13(15-11(2)14)10-12-8-5-4-6-9-12/h3,12-13H,1,4-10H2,2H3. The van der Waals surface area contributed by atoms with E-state index in [0.29, 0.717) is 0 Å². The second-order valence-electron chi connectivity index (χ2n) is 4.50. The van der Waals surface area contributed by atoms with Crippen molar-refractivity contribution in [1.29, 1.82) is 0 Å². The normalized spacial score (nSPS) is 19.5. The summed E-state index contributed by atoms with van der Waals surface area (Å²) in [5, 5.41) is 0. The highest BCUT2D eigenvalue weighted by Crippen LogP contribution is 2.28. The number of esters is 1. The van der Waals surface area contributed by atoms with E-state index >= 15 is 0 Å². The van der Waals surface area contributed by atoms with Crippen LogP contribution < -0.4 is 0 Å². The molecular formula is C13H22O2. The van der Waals surface area contributed by atoms with Crippen LogP contribution in [0.3, 0.4) is 0 Å². The lowest BCUT2D eigenvalue weighted by atomic mass is 9.85. The van der Waals surface area contributed by atoms with Gasteiger partial charge in [0.05, 0.1) is 0 Å². The third-order valence-electron chi connectivity index (χ3n) is 3.08. The lowest BCUT2D eigenvalue weighted by Gasteiger charge is -2.25. The highest BCUT2D eigenvalue weighted by atomic mass is 16.5. The molecule has 1 saturated carbocycles. The molecule has 0 radical (unpaired) electrons. The molecule has 1 rings (SSSR count). The molecule has 1 aliphatic rings. The van der Waals surface area contributed by atoms with Gasteiger partial charge in [0.2, 0.25) is 0 Å². The van der Waals surface area contributed by atoms with Crippen molar-refractivity contribution in [2.75, 3.05) is 0 Å². The minimum Gasteiger partial charge on any atom is -0.462 e. The van der Waals surface area contributed by atoms with Crippen molar-refractivity contribution in [3.8, 4) is 0 Å². The van der Waals surface area contributed by atoms with E-state index in [2.05, 4.69) is 6.58 Å². The Morgan fingerprint density at radius 1 is 1.47 bits per heavy atom. The van der Waals surface area contributed by atoms with Crippen molar-refractivity contribution < 1.29 is 9.53 Å². The molecule has 0 amide bonds. The van der Waals surface area contributed by atoms with Gasteiger partial charge in [0.25, 0.3) is 0 Å². The summed E-state index contributed by atoms with van der Waals surface area (Å²) >= 11 is 0. The zero-order chi connectivity index (χ0) is 11.1. The van der Waals surface area contributed by atoms with E-state index in [1.54, 1.807) is 0 Å². The van der Waals surface area contributed by atoms with Gasteiger partial charge in [0, 0.05) is 13.3 Å². The van der Waals surface area contributed by atoms with Crippen LogP contribution in [-0.4, -0.2) is 12.1 Å². The highest BCUT2D eigenvalue weighted by Gasteiger charge is 2.19. The van der Waals surface area contributed by atoms with Crippen LogP contribution in [0.5, 0.6) is 0 Å². The first-order valence-electron chi connectivity index (χ1n) is 6.00. The van der Waals surface area contributed by atoms with Gasteiger partial charge in [-0.25, -0.2) is 0 Å². The number of hydrogen-bond donors (Lipinski definition) is 0. The highest BCUT2D eigenvalue weighted by molar-refractivity contribution is 5.66. The van der Waals surface area contributed by atoms with Crippen molar-refractivity contribution in [1.82, 2.24) is 0 Å². The summed E-state index contributed by atoms with van der Waals surface area (Å²) in [6.07, 6.45) is 10.4. The van der Waals surface area contributed by atoms with Gasteiger partial charge in [-0.05, 0) is 12.3 Å². The van der Waals surface area contributed by atoms with E-state index in [1.165, 1.54) is 39.0 Å². The lowest BCUT2D eigenvalue weighted by Crippen LogP contribution is -2.21. The van der Waals surface area contributed by atoms with Crippen LogP contribution in [0.4, 0.5) is 0 Å². The zero-order valence-corrected chi connectivity index (χ0v) is 9.71. The summed E-state index contributed by atoms with van der Waals surface area (Å²) in [4.78, 5) is 10.9. The van der Waals surface area contributed by atoms with Gasteiger partial charge in [-0.2, -0.15) is 0 Å². The molecule has 0 saturated heterocycles. The first-order valence-corrected chi connectivity index (χ1v) is 6.00. The fourth-order valence-corrected chi connectivity index (χ4v) is 2.41. The third kappa shape index (κ3) is 5.01. The van der Waals surface area contributed by atoms with Crippen LogP contribution in [0.15, 0.2) is 12.7 Å². The molecule has 0 spiro atoms. The average molecular weight is 210 g/mol. The molecule has 0 aromatic rings. The Morgan fingerprint density at radius 2 is 2.13 bits per heavy atom. The van der Waals surface area contributed by atoms with Crippen molar-refractivity contribution in [3.05, 3.63) is 12.7 Å². The molecule has 1 unspecified atom stereocenters. The van der Waals surface area contributed by atoms with E-state index in [1.807, 2.05) is 6.08 Å². The molecule has 1 atom stereocenters. The Labute approximate surface area is 92.7 Å². The smallest absolute Gasteiger partial charge is 0.302 e. The van der Waals surface area contributed by atoms with Gasteiger partial charge in [0.1, 0.15) is 6.10 Å². The molecule has 0 N–H and O–H groups in total. The predicted molar refractivity (Wildman–Crippen MR) is 61.6 cm³/mol. The Bertz CT molecular complexity index is 205. The molecule has 86 valence electrons. The summed E-state index contributed by atoms with van der Waals surface area (Å²) in [5.74, 6) is 0.584. The van der Waals surface area contributed by atoms with Gasteiger partial charge in [-0.3, -0.25) is 4.79 Å². The maximum absolute atomic E-state index is 10.9. The minimum absolute atomic E-state index is 0.0584. The molecule has 1 aliphatic carbocycles. The van der Waals surface area contributed by atoms with Crippen LogP contribution >= 0.6 is 0 Å². The van der Waals surface area contributed by atoms with E-state index in [-0.39, 0.29) is 12.1 Å². The van der Waals surface area contributed by atoms with Crippen molar-refractivity contribution in [2.24, 2.45) is 5.92 Å². The van der Waals surface area contributed by atoms with Gasteiger partial charge in [-0.1, -0.05) is 38.2 Å². The first kappa shape index (κ1) is 12.3. The van der Waals surface area contributed by atoms with Crippen LogP contribution in [-0.2, 0) is 9.53 Å². The maximum Gasteiger partial charge on any atom is 0.302 e. The Kier molecular flexibility index (Phi) is 5.44. The van der Waals surface area contributed by atoms with Crippen molar-refractivity contribution in [3.63, 3.8) is 0 Å². The molecule has 0 aromatic carbocycles. The summed E-state index contributed by atoms with van der Waals surface area (Å²) in [6, 6.07) is 0. The van der Waals surface area contributed by atoms with Crippen LogP contribution in [0.2, 0.25) is 0 Å². The fraction of sp³-hybridized carbons (Fsp3) is 0.769. The van der Waals surface area contributed by atoms with E-state index < -0.39 is 0 Å². The first-order chi connectivity index (χ1) is 7.22. The molecule has 0 aromatic heterocycles. The van der Waals surface area contributed by atoms with Crippen LogP contribution in [0.25, 0.3) is 0 Å². The lowest BCUT2D eigenvalue weighted by molar-refractivity contribution is -0.147. The largest absolute Gasteiger partial charge is 0.462 e. The molecule has 0 heterocycles. The van der Waals surface area contributed by atoms with Gasteiger partial charge in [-0.15, -0.1) is 6.58 Å².